The van der Waals surface area contributed by atoms with E-state index in [4.69, 9.17) is 0 Å². The fraction of sp³-hybridized carbons (Fsp3) is 0.462. The van der Waals surface area contributed by atoms with Gasteiger partial charge in [-0.15, -0.1) is 0 Å². The first-order valence-electron chi connectivity index (χ1n) is 6.15. The van der Waals surface area contributed by atoms with Crippen molar-refractivity contribution in [3.63, 3.8) is 0 Å². The third-order valence-electron chi connectivity index (χ3n) is 2.99. The summed E-state index contributed by atoms with van der Waals surface area (Å²) < 4.78 is 0. The molecule has 1 fully saturated rings. The molecule has 1 aliphatic rings. The highest BCUT2D eigenvalue weighted by Crippen LogP contribution is 2.09. The van der Waals surface area contributed by atoms with Crippen LogP contribution >= 0.6 is 0 Å². The molecule has 5 heteroatoms. The summed E-state index contributed by atoms with van der Waals surface area (Å²) >= 11 is 0. The molecule has 0 bridgehead atoms. The Bertz CT molecular complexity index is 433. The Labute approximate surface area is 106 Å². The molecule has 96 valence electrons. The maximum atomic E-state index is 11.9. The minimum absolute atomic E-state index is 0.0484. The Kier molecular flexibility index (Phi) is 3.92. The second-order valence-electron chi connectivity index (χ2n) is 4.55. The van der Waals surface area contributed by atoms with Gasteiger partial charge in [0.25, 0.3) is 5.91 Å². The zero-order valence-electron chi connectivity index (χ0n) is 10.4. The molecule has 1 saturated heterocycles. The lowest BCUT2D eigenvalue weighted by atomic mass is 10.2. The van der Waals surface area contributed by atoms with E-state index in [0.717, 1.165) is 13.0 Å². The van der Waals surface area contributed by atoms with Gasteiger partial charge in [0.2, 0.25) is 5.91 Å². The number of nitrogens with one attached hydrogen (secondary N) is 1. The predicted molar refractivity (Wildman–Crippen MR) is 67.0 cm³/mol. The summed E-state index contributed by atoms with van der Waals surface area (Å²) in [6.07, 6.45) is 4.72. The number of hydrogen-bond donors (Lipinski definition) is 1. The second kappa shape index (κ2) is 5.62. The van der Waals surface area contributed by atoms with Gasteiger partial charge in [-0.1, -0.05) is 0 Å². The first-order valence-corrected chi connectivity index (χ1v) is 6.15. The molecule has 1 atom stereocenters. The van der Waals surface area contributed by atoms with Crippen molar-refractivity contribution in [3.05, 3.63) is 30.1 Å². The molecule has 0 saturated carbocycles. The molecule has 5 nitrogen and oxygen atoms in total. The SMILES string of the molecule is CC(CN1CCCC1=O)NC(=O)c1ccncc1. The van der Waals surface area contributed by atoms with Gasteiger partial charge in [-0.25, -0.2) is 0 Å². The van der Waals surface area contributed by atoms with Crippen molar-refractivity contribution in [1.82, 2.24) is 15.2 Å². The highest BCUT2D eigenvalue weighted by Gasteiger charge is 2.22. The Morgan fingerprint density at radius 2 is 2.22 bits per heavy atom. The lowest BCUT2D eigenvalue weighted by Gasteiger charge is -2.21. The fourth-order valence-electron chi connectivity index (χ4n) is 2.08. The number of nitrogens with zero attached hydrogens (tertiary/aromatic N) is 2. The van der Waals surface area contributed by atoms with Crippen LogP contribution in [0.2, 0.25) is 0 Å². The number of aromatic nitrogens is 1. The zero-order valence-corrected chi connectivity index (χ0v) is 10.4. The Morgan fingerprint density at radius 1 is 1.50 bits per heavy atom. The van der Waals surface area contributed by atoms with Gasteiger partial charge in [0.05, 0.1) is 0 Å². The maximum Gasteiger partial charge on any atom is 0.251 e. The molecular formula is C13H17N3O2. The Balaban J connectivity index is 1.86. The second-order valence-corrected chi connectivity index (χ2v) is 4.55. The van der Waals surface area contributed by atoms with E-state index in [2.05, 4.69) is 10.3 Å². The number of pyridine rings is 1. The van der Waals surface area contributed by atoms with Gasteiger partial charge in [-0.3, -0.25) is 14.6 Å². The third kappa shape index (κ3) is 3.06. The minimum atomic E-state index is -0.128. The van der Waals surface area contributed by atoms with Crippen molar-refractivity contribution < 1.29 is 9.59 Å². The summed E-state index contributed by atoms with van der Waals surface area (Å²) in [4.78, 5) is 29.0. The highest BCUT2D eigenvalue weighted by molar-refractivity contribution is 5.94. The third-order valence-corrected chi connectivity index (χ3v) is 2.99. The van der Waals surface area contributed by atoms with E-state index in [1.54, 1.807) is 29.4 Å². The first-order chi connectivity index (χ1) is 8.66. The van der Waals surface area contributed by atoms with Crippen LogP contribution in [0, 0.1) is 0 Å². The molecule has 0 aliphatic carbocycles. The van der Waals surface area contributed by atoms with Gasteiger partial charge in [-0.2, -0.15) is 0 Å². The number of carbonyl (C=O) groups excluding carboxylic acids is 2. The van der Waals surface area contributed by atoms with E-state index in [9.17, 15) is 9.59 Å². The van der Waals surface area contributed by atoms with Gasteiger partial charge >= 0.3 is 0 Å². The van der Waals surface area contributed by atoms with Crippen molar-refractivity contribution in [1.29, 1.82) is 0 Å². The minimum Gasteiger partial charge on any atom is -0.348 e. The monoisotopic (exact) mass is 247 g/mol. The topological polar surface area (TPSA) is 62.3 Å². The number of hydrogen-bond acceptors (Lipinski definition) is 3. The molecule has 2 rings (SSSR count). The average molecular weight is 247 g/mol. The predicted octanol–water partition coefficient (Wildman–Crippen LogP) is 0.822. The van der Waals surface area contributed by atoms with Gasteiger partial charge < -0.3 is 10.2 Å². The fourth-order valence-corrected chi connectivity index (χ4v) is 2.08. The molecule has 0 spiro atoms. The van der Waals surface area contributed by atoms with E-state index in [1.165, 1.54) is 0 Å². The number of rotatable bonds is 4. The van der Waals surface area contributed by atoms with Crippen LogP contribution in [0.4, 0.5) is 0 Å². The standard InChI is InChI=1S/C13H17N3O2/c1-10(9-16-8-2-3-12(16)17)15-13(18)11-4-6-14-7-5-11/h4-7,10H,2-3,8-9H2,1H3,(H,15,18). The van der Waals surface area contributed by atoms with Crippen LogP contribution in [-0.4, -0.2) is 40.8 Å². The molecule has 1 N–H and O–H groups in total. The molecule has 1 aromatic rings. The van der Waals surface area contributed by atoms with Crippen LogP contribution < -0.4 is 5.32 Å². The molecule has 2 amide bonds. The quantitative estimate of drug-likeness (QED) is 0.857. The number of carbonyl (C=O) groups is 2. The smallest absolute Gasteiger partial charge is 0.251 e. The van der Waals surface area contributed by atoms with Gasteiger partial charge in [-0.05, 0) is 25.5 Å². The molecule has 0 aromatic carbocycles. The Hall–Kier alpha value is -1.91. The van der Waals surface area contributed by atoms with E-state index >= 15 is 0 Å². The van der Waals surface area contributed by atoms with Gasteiger partial charge in [0.15, 0.2) is 0 Å². The van der Waals surface area contributed by atoms with Crippen LogP contribution in [0.15, 0.2) is 24.5 Å². The maximum absolute atomic E-state index is 11.9. The summed E-state index contributed by atoms with van der Waals surface area (Å²) in [5.74, 6) is 0.0524. The molecule has 18 heavy (non-hydrogen) atoms. The van der Waals surface area contributed by atoms with Gasteiger partial charge in [0, 0.05) is 43.5 Å². The molecule has 1 unspecified atom stereocenters. The summed E-state index contributed by atoms with van der Waals surface area (Å²) in [5.41, 5.74) is 0.588. The molecule has 2 heterocycles. The summed E-state index contributed by atoms with van der Waals surface area (Å²) in [7, 11) is 0. The van der Waals surface area contributed by atoms with Gasteiger partial charge in [0.1, 0.15) is 0 Å². The summed E-state index contributed by atoms with van der Waals surface area (Å²) in [6, 6.07) is 3.29. The summed E-state index contributed by atoms with van der Waals surface area (Å²) in [6.45, 7) is 3.29. The lowest BCUT2D eigenvalue weighted by molar-refractivity contribution is -0.127. The van der Waals surface area contributed by atoms with Crippen molar-refractivity contribution in [3.8, 4) is 0 Å². The van der Waals surface area contributed by atoms with Crippen molar-refractivity contribution >= 4 is 11.8 Å². The molecule has 0 radical (unpaired) electrons. The van der Waals surface area contributed by atoms with E-state index in [-0.39, 0.29) is 17.9 Å². The molecule has 1 aliphatic heterocycles. The number of amides is 2. The van der Waals surface area contributed by atoms with E-state index < -0.39 is 0 Å². The van der Waals surface area contributed by atoms with Crippen LogP contribution in [0.3, 0.4) is 0 Å². The van der Waals surface area contributed by atoms with Crippen LogP contribution in [0.25, 0.3) is 0 Å². The zero-order chi connectivity index (χ0) is 13.0. The van der Waals surface area contributed by atoms with Crippen molar-refractivity contribution in [2.75, 3.05) is 13.1 Å². The van der Waals surface area contributed by atoms with Crippen LogP contribution in [0.5, 0.6) is 0 Å². The first kappa shape index (κ1) is 12.5. The van der Waals surface area contributed by atoms with Crippen LogP contribution in [-0.2, 0) is 4.79 Å². The van der Waals surface area contributed by atoms with E-state index in [1.807, 2.05) is 6.92 Å². The highest BCUT2D eigenvalue weighted by atomic mass is 16.2. The average Bonchev–Trinajstić information content (AvgIpc) is 2.76. The Morgan fingerprint density at radius 3 is 2.83 bits per heavy atom. The van der Waals surface area contributed by atoms with Crippen molar-refractivity contribution in [2.45, 2.75) is 25.8 Å². The largest absolute Gasteiger partial charge is 0.348 e. The molecule has 1 aromatic heterocycles. The van der Waals surface area contributed by atoms with E-state index in [0.29, 0.717) is 18.5 Å². The summed E-state index contributed by atoms with van der Waals surface area (Å²) in [5, 5.41) is 2.88. The van der Waals surface area contributed by atoms with Crippen molar-refractivity contribution in [2.24, 2.45) is 0 Å². The van der Waals surface area contributed by atoms with Crippen LogP contribution in [0.1, 0.15) is 30.1 Å². The molecular weight excluding hydrogens is 230 g/mol. The lowest BCUT2D eigenvalue weighted by Crippen LogP contribution is -2.42. The normalized spacial score (nSPS) is 16.7. The number of likely N-dealkylation sites (tertiary alicyclic amines) is 1.